The van der Waals surface area contributed by atoms with E-state index in [-0.39, 0.29) is 18.8 Å². The maximum Gasteiger partial charge on any atom is 0.242 e. The number of halogens is 1. The maximum atomic E-state index is 14.4. The lowest BCUT2D eigenvalue weighted by Gasteiger charge is -2.33. The van der Waals surface area contributed by atoms with Crippen molar-refractivity contribution in [3.05, 3.63) is 71.5 Å². The third-order valence-electron chi connectivity index (χ3n) is 5.36. The molecule has 0 fully saturated rings. The monoisotopic (exact) mass is 456 g/mol. The van der Waals surface area contributed by atoms with Gasteiger partial charge in [-0.05, 0) is 36.5 Å². The summed E-state index contributed by atoms with van der Waals surface area (Å²) in [6.07, 6.45) is 1.50. The van der Waals surface area contributed by atoms with Gasteiger partial charge in [0.2, 0.25) is 11.8 Å². The standard InChI is InChI=1S/C25H33FN4O3/c1-17(2)13-20(16-31)29-30-25(3,15-19-11-7-8-12-21(19)26)24(33)28-22(23(27)32)14-18-9-5-4-6-10-18/h4-12,16-17,20,22,29-30H,13-15H2,1-3H3,(H2,27,32)(H,28,33)/t20-,22-,25-/m0/s1. The van der Waals surface area contributed by atoms with Gasteiger partial charge in [-0.3, -0.25) is 9.59 Å². The molecule has 0 saturated carbocycles. The number of hydrogen-bond acceptors (Lipinski definition) is 5. The summed E-state index contributed by atoms with van der Waals surface area (Å²) in [4.78, 5) is 36.9. The summed E-state index contributed by atoms with van der Waals surface area (Å²) in [6.45, 7) is 5.54. The lowest BCUT2D eigenvalue weighted by molar-refractivity contribution is -0.132. The number of hydrogen-bond donors (Lipinski definition) is 4. The van der Waals surface area contributed by atoms with E-state index >= 15 is 0 Å². The number of amides is 2. The van der Waals surface area contributed by atoms with Crippen LogP contribution in [0.2, 0.25) is 0 Å². The molecule has 33 heavy (non-hydrogen) atoms. The van der Waals surface area contributed by atoms with Crippen LogP contribution in [0, 0.1) is 11.7 Å². The van der Waals surface area contributed by atoms with Gasteiger partial charge in [0.1, 0.15) is 23.7 Å². The van der Waals surface area contributed by atoms with Gasteiger partial charge in [-0.15, -0.1) is 0 Å². The lowest BCUT2D eigenvalue weighted by atomic mass is 9.91. The van der Waals surface area contributed by atoms with E-state index < -0.39 is 35.3 Å². The van der Waals surface area contributed by atoms with E-state index in [1.54, 1.807) is 25.1 Å². The summed E-state index contributed by atoms with van der Waals surface area (Å²) in [5.74, 6) is -1.44. The van der Waals surface area contributed by atoms with Gasteiger partial charge in [-0.1, -0.05) is 62.4 Å². The molecule has 0 spiro atoms. The lowest BCUT2D eigenvalue weighted by Crippen LogP contribution is -2.65. The second kappa shape index (κ2) is 12.2. The average molecular weight is 457 g/mol. The molecule has 2 amide bonds. The summed E-state index contributed by atoms with van der Waals surface area (Å²) in [7, 11) is 0. The fourth-order valence-electron chi connectivity index (χ4n) is 3.50. The largest absolute Gasteiger partial charge is 0.368 e. The van der Waals surface area contributed by atoms with E-state index in [1.165, 1.54) is 6.07 Å². The third kappa shape index (κ3) is 8.07. The van der Waals surface area contributed by atoms with Crippen LogP contribution in [0.15, 0.2) is 54.6 Å². The molecule has 178 valence electrons. The highest BCUT2D eigenvalue weighted by molar-refractivity contribution is 5.91. The van der Waals surface area contributed by atoms with Gasteiger partial charge < -0.3 is 15.8 Å². The van der Waals surface area contributed by atoms with Crippen molar-refractivity contribution in [1.82, 2.24) is 16.2 Å². The quantitative estimate of drug-likeness (QED) is 0.272. The summed E-state index contributed by atoms with van der Waals surface area (Å²) in [6, 6.07) is 13.8. The van der Waals surface area contributed by atoms with Gasteiger partial charge in [-0.2, -0.15) is 0 Å². The normalized spacial score (nSPS) is 14.8. The van der Waals surface area contributed by atoms with Gasteiger partial charge in [-0.25, -0.2) is 15.2 Å². The van der Waals surface area contributed by atoms with E-state index in [0.29, 0.717) is 12.0 Å². The van der Waals surface area contributed by atoms with Crippen molar-refractivity contribution in [3.63, 3.8) is 0 Å². The Balaban J connectivity index is 2.25. The smallest absolute Gasteiger partial charge is 0.242 e. The molecule has 0 heterocycles. The Hall–Kier alpha value is -3.10. The van der Waals surface area contributed by atoms with Crippen molar-refractivity contribution in [2.24, 2.45) is 11.7 Å². The van der Waals surface area contributed by atoms with Gasteiger partial charge in [0.05, 0.1) is 6.04 Å². The fourth-order valence-corrected chi connectivity index (χ4v) is 3.50. The van der Waals surface area contributed by atoms with Crippen molar-refractivity contribution in [2.75, 3.05) is 0 Å². The van der Waals surface area contributed by atoms with Crippen LogP contribution in [0.3, 0.4) is 0 Å². The molecule has 0 saturated heterocycles. The molecule has 3 atom stereocenters. The van der Waals surface area contributed by atoms with Crippen molar-refractivity contribution < 1.29 is 18.8 Å². The highest BCUT2D eigenvalue weighted by atomic mass is 19.1. The highest BCUT2D eigenvalue weighted by Gasteiger charge is 2.36. The molecule has 0 bridgehead atoms. The van der Waals surface area contributed by atoms with Gasteiger partial charge in [0, 0.05) is 12.8 Å². The second-order valence-electron chi connectivity index (χ2n) is 8.86. The van der Waals surface area contributed by atoms with Crippen LogP contribution in [-0.2, 0) is 27.2 Å². The van der Waals surface area contributed by atoms with Gasteiger partial charge in [0.15, 0.2) is 0 Å². The first-order chi connectivity index (χ1) is 15.6. The van der Waals surface area contributed by atoms with E-state index in [0.717, 1.165) is 11.8 Å². The molecule has 0 aliphatic carbocycles. The van der Waals surface area contributed by atoms with Crippen LogP contribution in [0.1, 0.15) is 38.3 Å². The highest BCUT2D eigenvalue weighted by Crippen LogP contribution is 2.17. The number of hydrazine groups is 1. The molecule has 7 nitrogen and oxygen atoms in total. The number of primary amides is 1. The Labute approximate surface area is 194 Å². The summed E-state index contributed by atoms with van der Waals surface area (Å²) in [5, 5.41) is 2.70. The number of carbonyl (C=O) groups is 3. The molecule has 0 radical (unpaired) electrons. The maximum absolute atomic E-state index is 14.4. The number of carbonyl (C=O) groups excluding carboxylic acids is 3. The molecule has 0 aliphatic rings. The molecule has 2 rings (SSSR count). The Morgan fingerprint density at radius 2 is 1.73 bits per heavy atom. The van der Waals surface area contributed by atoms with Crippen LogP contribution in [0.4, 0.5) is 4.39 Å². The number of nitrogens with one attached hydrogen (secondary N) is 3. The van der Waals surface area contributed by atoms with E-state index in [1.807, 2.05) is 44.2 Å². The van der Waals surface area contributed by atoms with E-state index in [4.69, 9.17) is 5.73 Å². The second-order valence-corrected chi connectivity index (χ2v) is 8.86. The number of benzene rings is 2. The van der Waals surface area contributed by atoms with Gasteiger partial charge >= 0.3 is 0 Å². The van der Waals surface area contributed by atoms with Crippen molar-refractivity contribution >= 4 is 18.1 Å². The predicted molar refractivity (Wildman–Crippen MR) is 125 cm³/mol. The van der Waals surface area contributed by atoms with Crippen LogP contribution < -0.4 is 21.9 Å². The summed E-state index contributed by atoms with van der Waals surface area (Å²) in [5.41, 5.74) is 11.1. The topological polar surface area (TPSA) is 113 Å². The first-order valence-electron chi connectivity index (χ1n) is 11.0. The average Bonchev–Trinajstić information content (AvgIpc) is 2.78. The molecule has 0 unspecified atom stereocenters. The number of aldehydes is 1. The first kappa shape index (κ1) is 26.2. The summed E-state index contributed by atoms with van der Waals surface area (Å²) >= 11 is 0. The van der Waals surface area contributed by atoms with Crippen LogP contribution in [0.25, 0.3) is 0 Å². The SMILES string of the molecule is CC(C)C[C@@H](C=O)NN[C@@](C)(Cc1ccccc1F)C(=O)N[C@@H](Cc1ccccc1)C(N)=O. The Bertz CT molecular complexity index is 938. The molecule has 2 aromatic carbocycles. The van der Waals surface area contributed by atoms with Crippen molar-refractivity contribution in [2.45, 2.75) is 57.7 Å². The minimum absolute atomic E-state index is 0.0252. The Morgan fingerprint density at radius 3 is 2.30 bits per heavy atom. The van der Waals surface area contributed by atoms with Crippen molar-refractivity contribution in [3.8, 4) is 0 Å². The molecule has 0 aliphatic heterocycles. The Morgan fingerprint density at radius 1 is 1.09 bits per heavy atom. The van der Waals surface area contributed by atoms with Gasteiger partial charge in [0.25, 0.3) is 0 Å². The third-order valence-corrected chi connectivity index (χ3v) is 5.36. The first-order valence-corrected chi connectivity index (χ1v) is 11.0. The zero-order valence-corrected chi connectivity index (χ0v) is 19.3. The summed E-state index contributed by atoms with van der Waals surface area (Å²) < 4.78 is 14.4. The zero-order chi connectivity index (χ0) is 24.4. The fraction of sp³-hybridized carbons (Fsp3) is 0.400. The number of rotatable bonds is 13. The molecule has 8 heteroatoms. The molecule has 2 aromatic rings. The molecule has 5 N–H and O–H groups in total. The minimum Gasteiger partial charge on any atom is -0.368 e. The predicted octanol–water partition coefficient (Wildman–Crippen LogP) is 2.05. The zero-order valence-electron chi connectivity index (χ0n) is 19.3. The minimum atomic E-state index is -1.38. The number of nitrogens with two attached hydrogens (primary N) is 1. The Kier molecular flexibility index (Phi) is 9.69. The van der Waals surface area contributed by atoms with E-state index in [2.05, 4.69) is 16.2 Å². The molecular weight excluding hydrogens is 423 g/mol. The van der Waals surface area contributed by atoms with E-state index in [9.17, 15) is 18.8 Å². The van der Waals surface area contributed by atoms with Crippen LogP contribution in [-0.4, -0.2) is 35.7 Å². The van der Waals surface area contributed by atoms with Crippen LogP contribution >= 0.6 is 0 Å². The van der Waals surface area contributed by atoms with Crippen molar-refractivity contribution in [1.29, 1.82) is 0 Å². The molecule has 0 aromatic heterocycles. The van der Waals surface area contributed by atoms with Crippen LogP contribution in [0.5, 0.6) is 0 Å². The molecular formula is C25H33FN4O3.